The molecule has 0 amide bonds. The molecule has 6 nitrogen and oxygen atoms in total. The molecule has 0 atom stereocenters. The minimum atomic E-state index is 0. The van der Waals surface area contributed by atoms with E-state index in [2.05, 4.69) is 87.4 Å². The van der Waals surface area contributed by atoms with Crippen LogP contribution in [0.15, 0.2) is 121 Å². The van der Waals surface area contributed by atoms with Crippen LogP contribution in [0.5, 0.6) is 0 Å². The molecule has 0 saturated heterocycles. The van der Waals surface area contributed by atoms with E-state index >= 15 is 0 Å². The summed E-state index contributed by atoms with van der Waals surface area (Å²) in [4.78, 5) is 16.2. The molecule has 0 spiro atoms. The Labute approximate surface area is 271 Å². The van der Waals surface area contributed by atoms with Crippen LogP contribution in [0.1, 0.15) is 37.9 Å². The first kappa shape index (κ1) is 29.5. The number of hydrogen-bond acceptors (Lipinski definition) is 4. The van der Waals surface area contributed by atoms with Gasteiger partial charge in [0.15, 0.2) is 0 Å². The number of rotatable bonds is 4. The molecular formula is C37H32N6Pt. The van der Waals surface area contributed by atoms with Crippen LogP contribution < -0.4 is 15.0 Å². The number of benzene rings is 3. The van der Waals surface area contributed by atoms with Gasteiger partial charge < -0.3 is 15.2 Å². The molecule has 4 aromatic heterocycles. The van der Waals surface area contributed by atoms with Gasteiger partial charge in [0, 0.05) is 23.0 Å². The Kier molecular flexibility index (Phi) is 8.45. The second-order valence-corrected chi connectivity index (χ2v) is 11.5. The van der Waals surface area contributed by atoms with Gasteiger partial charge in [-0.1, -0.05) is 98.4 Å². The fraction of sp³-hybridized carbons (Fsp3) is 0.162. The second kappa shape index (κ2) is 12.6. The zero-order valence-corrected chi connectivity index (χ0v) is 26.9. The maximum atomic E-state index is 5.01. The van der Waals surface area contributed by atoms with Gasteiger partial charge in [0.2, 0.25) is 0 Å². The molecule has 0 radical (unpaired) electrons. The average Bonchev–Trinajstić information content (AvgIpc) is 3.66. The molecule has 0 N–H and O–H groups in total. The normalized spacial score (nSPS) is 13.4. The van der Waals surface area contributed by atoms with Crippen LogP contribution in [0.2, 0.25) is 0 Å². The van der Waals surface area contributed by atoms with Gasteiger partial charge in [0.05, 0.1) is 5.69 Å². The number of anilines is 3. The van der Waals surface area contributed by atoms with Crippen LogP contribution in [0, 0.1) is 0 Å². The van der Waals surface area contributed by atoms with Crippen molar-refractivity contribution >= 4 is 39.1 Å². The summed E-state index contributed by atoms with van der Waals surface area (Å²) in [6.45, 7) is 4.51. The van der Waals surface area contributed by atoms with Crippen molar-refractivity contribution in [1.29, 1.82) is 0 Å². The number of fused-ring (bicyclic) bond motifs is 4. The SMILES string of the molecule is CC1(C)CCCc2c1n[n-]c2-c1cccc(N(c2ccccc2)c2ccccn2)n1.[Pt+2].c1ccc2c(c1)[n-]c1ccccc12. The molecule has 44 heavy (non-hydrogen) atoms. The largest absolute Gasteiger partial charge is 2.00 e. The zero-order valence-electron chi connectivity index (χ0n) is 24.7. The van der Waals surface area contributed by atoms with Gasteiger partial charge in [-0.2, -0.15) is 0 Å². The molecule has 220 valence electrons. The van der Waals surface area contributed by atoms with E-state index in [1.54, 1.807) is 6.20 Å². The third kappa shape index (κ3) is 5.70. The van der Waals surface area contributed by atoms with Crippen LogP contribution in [0.25, 0.3) is 33.2 Å². The summed E-state index contributed by atoms with van der Waals surface area (Å²) in [5.41, 5.74) is 7.40. The van der Waals surface area contributed by atoms with Crippen molar-refractivity contribution in [1.82, 2.24) is 25.1 Å². The zero-order chi connectivity index (χ0) is 29.2. The number of pyridine rings is 2. The first-order chi connectivity index (χ1) is 21.1. The molecule has 7 aromatic rings. The molecule has 3 aromatic carbocycles. The Morgan fingerprint density at radius 3 is 2.07 bits per heavy atom. The molecule has 0 fully saturated rings. The Morgan fingerprint density at radius 2 is 1.36 bits per heavy atom. The molecule has 1 aliphatic rings. The van der Waals surface area contributed by atoms with Crippen LogP contribution in [-0.4, -0.2) is 15.1 Å². The number of para-hydroxylation sites is 3. The molecule has 1 aliphatic carbocycles. The van der Waals surface area contributed by atoms with Crippen LogP contribution in [0.3, 0.4) is 0 Å². The molecule has 0 unspecified atom stereocenters. The first-order valence-electron chi connectivity index (χ1n) is 14.7. The van der Waals surface area contributed by atoms with Crippen LogP contribution >= 0.6 is 0 Å². The van der Waals surface area contributed by atoms with Crippen molar-refractivity contribution in [2.75, 3.05) is 4.90 Å². The molecule has 0 bridgehead atoms. The predicted octanol–water partition coefficient (Wildman–Crippen LogP) is 8.53. The van der Waals surface area contributed by atoms with E-state index in [0.717, 1.165) is 64.7 Å². The first-order valence-corrected chi connectivity index (χ1v) is 14.7. The standard InChI is InChI=1S/C25H24N5.C12H8N.Pt/c1-25(2)16-9-12-19-23(28-29-24(19)25)20-13-8-15-22(27-20)30(18-10-4-3-5-11-18)21-14-6-7-17-26-21;1-3-7-11-9(5-1)10-6-2-4-8-12(10)13-11;/h3-8,10-11,13-15,17H,9,12,16H2,1-2H3;1-8H;/q2*-1;+2. The summed E-state index contributed by atoms with van der Waals surface area (Å²) in [6.07, 6.45) is 5.11. The molecule has 0 saturated carbocycles. The smallest absolute Gasteiger partial charge is 0.657 e. The minimum absolute atomic E-state index is 0. The number of nitrogens with zero attached hydrogens (tertiary/aromatic N) is 6. The van der Waals surface area contributed by atoms with Gasteiger partial charge >= 0.3 is 21.1 Å². The fourth-order valence-corrected chi connectivity index (χ4v) is 6.00. The monoisotopic (exact) mass is 755 g/mol. The van der Waals surface area contributed by atoms with Crippen molar-refractivity contribution < 1.29 is 21.1 Å². The van der Waals surface area contributed by atoms with E-state index in [0.29, 0.717) is 0 Å². The van der Waals surface area contributed by atoms with Crippen molar-refractivity contribution in [3.63, 3.8) is 0 Å². The molecule has 7 heteroatoms. The van der Waals surface area contributed by atoms with Crippen LogP contribution in [0.4, 0.5) is 17.3 Å². The summed E-state index contributed by atoms with van der Waals surface area (Å²) < 4.78 is 0. The van der Waals surface area contributed by atoms with E-state index < -0.39 is 0 Å². The van der Waals surface area contributed by atoms with E-state index in [4.69, 9.17) is 4.98 Å². The van der Waals surface area contributed by atoms with Crippen LogP contribution in [-0.2, 0) is 32.9 Å². The molecule has 4 heterocycles. The van der Waals surface area contributed by atoms with Gasteiger partial charge in [-0.05, 0) is 72.0 Å². The summed E-state index contributed by atoms with van der Waals surface area (Å²) in [5.74, 6) is 1.63. The van der Waals surface area contributed by atoms with E-state index in [1.165, 1.54) is 16.3 Å². The summed E-state index contributed by atoms with van der Waals surface area (Å²) in [5, 5.41) is 11.6. The maximum absolute atomic E-state index is 5.01. The Morgan fingerprint density at radius 1 is 0.705 bits per heavy atom. The summed E-state index contributed by atoms with van der Waals surface area (Å²) in [6, 6.07) is 38.6. The Hall–Kier alpha value is -4.54. The third-order valence-electron chi connectivity index (χ3n) is 8.13. The van der Waals surface area contributed by atoms with Gasteiger partial charge in [0.1, 0.15) is 11.6 Å². The van der Waals surface area contributed by atoms with E-state index in [1.807, 2.05) is 66.7 Å². The topological polar surface area (TPSA) is 70.1 Å². The van der Waals surface area contributed by atoms with E-state index in [9.17, 15) is 0 Å². The Balaban J connectivity index is 0.000000204. The average molecular weight is 756 g/mol. The van der Waals surface area contributed by atoms with Gasteiger partial charge in [-0.15, -0.1) is 11.0 Å². The maximum Gasteiger partial charge on any atom is 2.00 e. The number of hydrogen-bond donors (Lipinski definition) is 0. The van der Waals surface area contributed by atoms with Crippen molar-refractivity contribution in [2.45, 2.75) is 38.5 Å². The van der Waals surface area contributed by atoms with Crippen molar-refractivity contribution in [3.8, 4) is 11.4 Å². The van der Waals surface area contributed by atoms with E-state index in [-0.39, 0.29) is 26.5 Å². The molecule has 8 rings (SSSR count). The summed E-state index contributed by atoms with van der Waals surface area (Å²) >= 11 is 0. The third-order valence-corrected chi connectivity index (χ3v) is 8.13. The number of aromatic nitrogens is 5. The Bertz CT molecular complexity index is 1910. The molecule has 0 aliphatic heterocycles. The van der Waals surface area contributed by atoms with Gasteiger partial charge in [-0.25, -0.2) is 9.97 Å². The summed E-state index contributed by atoms with van der Waals surface area (Å²) in [7, 11) is 0. The van der Waals surface area contributed by atoms with Gasteiger partial charge in [0.25, 0.3) is 0 Å². The fourth-order valence-electron chi connectivity index (χ4n) is 6.00. The molecular weight excluding hydrogens is 724 g/mol. The minimum Gasteiger partial charge on any atom is -0.657 e. The van der Waals surface area contributed by atoms with Crippen molar-refractivity contribution in [2.24, 2.45) is 0 Å². The second-order valence-electron chi connectivity index (χ2n) is 11.5. The predicted molar refractivity (Wildman–Crippen MR) is 174 cm³/mol. The van der Waals surface area contributed by atoms with Gasteiger partial charge in [-0.3, -0.25) is 4.90 Å². The van der Waals surface area contributed by atoms with Crippen molar-refractivity contribution in [3.05, 3.63) is 133 Å². The quantitative estimate of drug-likeness (QED) is 0.180.